The number of nitrogens with one attached hydrogen (secondary N) is 1. The van der Waals surface area contributed by atoms with Gasteiger partial charge in [0.1, 0.15) is 41.3 Å². The van der Waals surface area contributed by atoms with E-state index in [9.17, 15) is 20.1 Å². The summed E-state index contributed by atoms with van der Waals surface area (Å²) in [6.45, 7) is 4.48. The number of aliphatic hydroxyl groups is 1. The summed E-state index contributed by atoms with van der Waals surface area (Å²) in [5.74, 6) is 0.384. The van der Waals surface area contributed by atoms with Crippen molar-refractivity contribution in [3.63, 3.8) is 0 Å². The summed E-state index contributed by atoms with van der Waals surface area (Å²) >= 11 is 0. The standard InChI is InChI=1S/C21H23NO6/c1-12(2)22-10-16(25)11-27-17-3-4-18-19(26)9-20(28-21(18)8-17)13-5-14(23)7-15(24)6-13/h3-9,12,16,22-25H,10-11H2,1-2H3/t16-/m1/s1. The molecule has 28 heavy (non-hydrogen) atoms. The predicted molar refractivity (Wildman–Crippen MR) is 106 cm³/mol. The number of aromatic hydroxyl groups is 2. The van der Waals surface area contributed by atoms with Gasteiger partial charge in [0.2, 0.25) is 0 Å². The molecule has 7 nitrogen and oxygen atoms in total. The molecule has 0 spiro atoms. The second-order valence-electron chi connectivity index (χ2n) is 6.90. The third kappa shape index (κ3) is 4.82. The lowest BCUT2D eigenvalue weighted by Crippen LogP contribution is -2.35. The van der Waals surface area contributed by atoms with E-state index in [0.717, 1.165) is 0 Å². The number of hydrogen-bond donors (Lipinski definition) is 4. The van der Waals surface area contributed by atoms with Gasteiger partial charge in [0.15, 0.2) is 5.43 Å². The van der Waals surface area contributed by atoms with Crippen LogP contribution in [0.15, 0.2) is 51.7 Å². The number of hydrogen-bond acceptors (Lipinski definition) is 7. The van der Waals surface area contributed by atoms with Crippen molar-refractivity contribution in [1.82, 2.24) is 5.32 Å². The molecular formula is C21H23NO6. The molecule has 1 aromatic heterocycles. The van der Waals surface area contributed by atoms with Gasteiger partial charge in [0, 0.05) is 36.3 Å². The van der Waals surface area contributed by atoms with Crippen LogP contribution in [0.25, 0.3) is 22.3 Å². The third-order valence-corrected chi connectivity index (χ3v) is 4.09. The zero-order valence-corrected chi connectivity index (χ0v) is 15.7. The fourth-order valence-electron chi connectivity index (χ4n) is 2.73. The molecule has 0 aliphatic carbocycles. The van der Waals surface area contributed by atoms with Crippen molar-refractivity contribution in [2.75, 3.05) is 13.2 Å². The van der Waals surface area contributed by atoms with Crippen LogP contribution in [0, 0.1) is 0 Å². The first-order valence-electron chi connectivity index (χ1n) is 8.97. The molecule has 7 heteroatoms. The van der Waals surface area contributed by atoms with Crippen LogP contribution < -0.4 is 15.5 Å². The zero-order chi connectivity index (χ0) is 20.3. The van der Waals surface area contributed by atoms with E-state index in [1.165, 1.54) is 24.3 Å². The van der Waals surface area contributed by atoms with Crippen molar-refractivity contribution in [2.24, 2.45) is 0 Å². The SMILES string of the molecule is CC(C)NC[C@@H](O)COc1ccc2c(=O)cc(-c3cc(O)cc(O)c3)oc2c1. The molecule has 0 saturated carbocycles. The Labute approximate surface area is 161 Å². The van der Waals surface area contributed by atoms with Gasteiger partial charge in [-0.15, -0.1) is 0 Å². The van der Waals surface area contributed by atoms with Gasteiger partial charge in [-0.25, -0.2) is 0 Å². The Morgan fingerprint density at radius 1 is 1.07 bits per heavy atom. The summed E-state index contributed by atoms with van der Waals surface area (Å²) in [5, 5.41) is 32.8. The summed E-state index contributed by atoms with van der Waals surface area (Å²) in [7, 11) is 0. The fourth-order valence-corrected chi connectivity index (χ4v) is 2.73. The van der Waals surface area contributed by atoms with Gasteiger partial charge in [-0.05, 0) is 24.3 Å². The van der Waals surface area contributed by atoms with Crippen LogP contribution in [-0.4, -0.2) is 40.6 Å². The Morgan fingerprint density at radius 2 is 1.79 bits per heavy atom. The van der Waals surface area contributed by atoms with Gasteiger partial charge >= 0.3 is 0 Å². The maximum atomic E-state index is 12.4. The highest BCUT2D eigenvalue weighted by Gasteiger charge is 2.11. The first-order chi connectivity index (χ1) is 13.3. The van der Waals surface area contributed by atoms with Crippen LogP contribution in [0.3, 0.4) is 0 Å². The molecule has 148 valence electrons. The van der Waals surface area contributed by atoms with Crippen molar-refractivity contribution in [3.8, 4) is 28.6 Å². The van der Waals surface area contributed by atoms with Gasteiger partial charge in [0.05, 0.1) is 5.39 Å². The highest BCUT2D eigenvalue weighted by atomic mass is 16.5. The van der Waals surface area contributed by atoms with E-state index in [1.54, 1.807) is 18.2 Å². The Bertz CT molecular complexity index is 1010. The first-order valence-corrected chi connectivity index (χ1v) is 8.97. The van der Waals surface area contributed by atoms with Crippen molar-refractivity contribution >= 4 is 11.0 Å². The second-order valence-corrected chi connectivity index (χ2v) is 6.90. The summed E-state index contributed by atoms with van der Waals surface area (Å²) in [5.41, 5.74) is 0.419. The molecule has 3 rings (SSSR count). The molecule has 0 saturated heterocycles. The van der Waals surface area contributed by atoms with E-state index >= 15 is 0 Å². The van der Waals surface area contributed by atoms with Crippen LogP contribution >= 0.6 is 0 Å². The van der Waals surface area contributed by atoms with E-state index < -0.39 is 6.10 Å². The Morgan fingerprint density at radius 3 is 2.46 bits per heavy atom. The molecule has 0 aliphatic heterocycles. The average molecular weight is 385 g/mol. The smallest absolute Gasteiger partial charge is 0.193 e. The molecule has 0 radical (unpaired) electrons. The number of benzene rings is 2. The van der Waals surface area contributed by atoms with Gasteiger partial charge in [0.25, 0.3) is 0 Å². The number of phenols is 2. The summed E-state index contributed by atoms with van der Waals surface area (Å²) in [4.78, 5) is 12.4. The molecule has 1 heterocycles. The van der Waals surface area contributed by atoms with Gasteiger partial charge in [-0.3, -0.25) is 4.79 Å². The number of aliphatic hydroxyl groups excluding tert-OH is 1. The minimum atomic E-state index is -0.674. The highest BCUT2D eigenvalue weighted by molar-refractivity contribution is 5.80. The summed E-state index contributed by atoms with van der Waals surface area (Å²) in [6, 6.07) is 10.4. The van der Waals surface area contributed by atoms with Gasteiger partial charge < -0.3 is 29.8 Å². The molecule has 4 N–H and O–H groups in total. The van der Waals surface area contributed by atoms with Crippen molar-refractivity contribution in [1.29, 1.82) is 0 Å². The second kappa shape index (κ2) is 8.33. The molecule has 2 aromatic carbocycles. The maximum Gasteiger partial charge on any atom is 0.193 e. The lowest BCUT2D eigenvalue weighted by molar-refractivity contribution is 0.104. The first kappa shape index (κ1) is 19.7. The van der Waals surface area contributed by atoms with Gasteiger partial charge in [-0.1, -0.05) is 13.8 Å². The van der Waals surface area contributed by atoms with Crippen LogP contribution in [0.2, 0.25) is 0 Å². The molecule has 3 aromatic rings. The molecular weight excluding hydrogens is 362 g/mol. The van der Waals surface area contributed by atoms with Crippen LogP contribution in [0.1, 0.15) is 13.8 Å². The van der Waals surface area contributed by atoms with Crippen molar-refractivity contribution in [2.45, 2.75) is 26.0 Å². The molecule has 1 atom stereocenters. The molecule has 0 fully saturated rings. The normalized spacial score (nSPS) is 12.4. The fraction of sp³-hybridized carbons (Fsp3) is 0.286. The minimum absolute atomic E-state index is 0.0928. The number of phenolic OH excluding ortho intramolecular Hbond substituents is 2. The average Bonchev–Trinajstić information content (AvgIpc) is 2.63. The summed E-state index contributed by atoms with van der Waals surface area (Å²) in [6.07, 6.45) is -0.674. The number of ether oxygens (including phenoxy) is 1. The van der Waals surface area contributed by atoms with Gasteiger partial charge in [-0.2, -0.15) is 0 Å². The van der Waals surface area contributed by atoms with Crippen molar-refractivity contribution < 1.29 is 24.5 Å². The zero-order valence-electron chi connectivity index (χ0n) is 15.7. The molecule has 0 bridgehead atoms. The van der Waals surface area contributed by atoms with Crippen LogP contribution in [0.5, 0.6) is 17.2 Å². The summed E-state index contributed by atoms with van der Waals surface area (Å²) < 4.78 is 11.4. The number of rotatable bonds is 7. The van der Waals surface area contributed by atoms with E-state index in [-0.39, 0.29) is 35.3 Å². The van der Waals surface area contributed by atoms with E-state index in [0.29, 0.717) is 28.8 Å². The monoisotopic (exact) mass is 385 g/mol. The Balaban J connectivity index is 1.85. The maximum absolute atomic E-state index is 12.4. The minimum Gasteiger partial charge on any atom is -0.508 e. The Hall–Kier alpha value is -3.03. The van der Waals surface area contributed by atoms with E-state index in [4.69, 9.17) is 9.15 Å². The van der Waals surface area contributed by atoms with Crippen LogP contribution in [-0.2, 0) is 0 Å². The van der Waals surface area contributed by atoms with Crippen LogP contribution in [0.4, 0.5) is 0 Å². The topological polar surface area (TPSA) is 112 Å². The number of fused-ring (bicyclic) bond motifs is 1. The Kier molecular flexibility index (Phi) is 5.87. The predicted octanol–water partition coefficient (Wildman–Crippen LogP) is 2.61. The molecule has 0 aliphatic rings. The van der Waals surface area contributed by atoms with Crippen molar-refractivity contribution in [3.05, 3.63) is 52.7 Å². The molecule has 0 unspecified atom stereocenters. The lowest BCUT2D eigenvalue weighted by atomic mass is 10.1. The quantitative estimate of drug-likeness (QED) is 0.494. The van der Waals surface area contributed by atoms with E-state index in [2.05, 4.69) is 5.32 Å². The van der Waals surface area contributed by atoms with E-state index in [1.807, 2.05) is 13.8 Å². The third-order valence-electron chi connectivity index (χ3n) is 4.09. The highest BCUT2D eigenvalue weighted by Crippen LogP contribution is 2.30. The lowest BCUT2D eigenvalue weighted by Gasteiger charge is -2.15. The largest absolute Gasteiger partial charge is 0.508 e. The molecule has 0 amide bonds.